The molecule has 0 aliphatic heterocycles. The number of aromatic nitrogens is 3. The Kier molecular flexibility index (Phi) is 4.36. The molecule has 5 aromatic rings. The number of imidazole rings is 1. The van der Waals surface area contributed by atoms with Gasteiger partial charge in [-0.25, -0.2) is 9.38 Å². The van der Waals surface area contributed by atoms with Gasteiger partial charge in [-0.1, -0.05) is 29.5 Å². The maximum atomic E-state index is 13.1. The van der Waals surface area contributed by atoms with Crippen LogP contribution in [0.1, 0.15) is 22.5 Å². The molecule has 5 rings (SSSR count). The van der Waals surface area contributed by atoms with E-state index < -0.39 is 0 Å². The molecule has 4 nitrogen and oxygen atoms in total. The van der Waals surface area contributed by atoms with Crippen LogP contribution in [-0.4, -0.2) is 14.0 Å². The number of para-hydroxylation sites is 2. The van der Waals surface area contributed by atoms with E-state index in [9.17, 15) is 4.79 Å². The Morgan fingerprint density at radius 1 is 1.07 bits per heavy atom. The minimum atomic E-state index is -0.00612. The number of nitrogens with zero attached hydrogens (tertiary/aromatic N) is 3. The smallest absolute Gasteiger partial charge is 0.274 e. The van der Waals surface area contributed by atoms with Crippen LogP contribution in [0, 0.1) is 24.3 Å². The molecule has 0 atom stereocenters. The third-order valence-electron chi connectivity index (χ3n) is 5.32. The Labute approximate surface area is 185 Å². The zero-order chi connectivity index (χ0) is 20.3. The summed E-state index contributed by atoms with van der Waals surface area (Å²) in [6, 6.07) is 16.4. The monoisotopic (exact) mass is 511 g/mol. The summed E-state index contributed by atoms with van der Waals surface area (Å²) >= 11 is 3.82. The Hall–Kier alpha value is -2.45. The van der Waals surface area contributed by atoms with Gasteiger partial charge in [0.1, 0.15) is 0 Å². The van der Waals surface area contributed by atoms with E-state index in [2.05, 4.69) is 77.2 Å². The first-order valence-electron chi connectivity index (χ1n) is 9.31. The molecule has 0 radical (unpaired) electrons. The molecule has 29 heavy (non-hydrogen) atoms. The predicted octanol–water partition coefficient (Wildman–Crippen LogP) is 4.78. The van der Waals surface area contributed by atoms with E-state index in [0.29, 0.717) is 4.53 Å². The summed E-state index contributed by atoms with van der Waals surface area (Å²) in [5, 5.41) is 0. The number of rotatable bonds is 2. The van der Waals surface area contributed by atoms with Gasteiger partial charge in [-0.05, 0) is 90.9 Å². The highest BCUT2D eigenvalue weighted by atomic mass is 127. The molecule has 6 heteroatoms. The molecule has 0 aliphatic rings. The van der Waals surface area contributed by atoms with Gasteiger partial charge in [-0.3, -0.25) is 4.79 Å². The van der Waals surface area contributed by atoms with Crippen molar-refractivity contribution in [2.75, 3.05) is 0 Å². The molecule has 0 bridgehead atoms. The van der Waals surface area contributed by atoms with E-state index in [1.807, 2.05) is 30.3 Å². The lowest BCUT2D eigenvalue weighted by Crippen LogP contribution is -2.22. The fourth-order valence-corrected chi connectivity index (χ4v) is 5.28. The highest BCUT2D eigenvalue weighted by molar-refractivity contribution is 14.1. The van der Waals surface area contributed by atoms with Crippen molar-refractivity contribution in [3.8, 4) is 5.69 Å². The molecule has 0 saturated carbocycles. The highest BCUT2D eigenvalue weighted by Gasteiger charge is 2.13. The average molecular weight is 511 g/mol. The second kappa shape index (κ2) is 6.81. The molecule has 0 unspecified atom stereocenters. The fraction of sp³-hybridized carbons (Fsp3) is 0.130. The summed E-state index contributed by atoms with van der Waals surface area (Å²) < 4.78 is 5.91. The summed E-state index contributed by atoms with van der Waals surface area (Å²) in [4.78, 5) is 18.4. The van der Waals surface area contributed by atoms with Crippen molar-refractivity contribution < 1.29 is 0 Å². The minimum Gasteiger partial charge on any atom is -0.318 e. The SMILES string of the molecule is Cc1ccc(-n2c(C)cc(/C=c3/sc4nc5ccccc5n4c3=O)c2C)cc1I. The van der Waals surface area contributed by atoms with Crippen LogP contribution in [0.3, 0.4) is 0 Å². The molecular formula is C23H18IN3OS. The number of thiazole rings is 1. The number of fused-ring (bicyclic) bond motifs is 3. The van der Waals surface area contributed by atoms with Crippen LogP contribution >= 0.6 is 33.9 Å². The number of aryl methyl sites for hydroxylation is 2. The van der Waals surface area contributed by atoms with Crippen molar-refractivity contribution in [2.45, 2.75) is 20.8 Å². The molecule has 0 fully saturated rings. The first-order chi connectivity index (χ1) is 13.9. The van der Waals surface area contributed by atoms with E-state index in [4.69, 9.17) is 0 Å². The maximum Gasteiger partial charge on any atom is 0.274 e. The summed E-state index contributed by atoms with van der Waals surface area (Å²) in [7, 11) is 0. The molecule has 2 aromatic carbocycles. The molecule has 0 saturated heterocycles. The van der Waals surface area contributed by atoms with E-state index in [0.717, 1.165) is 38.6 Å². The van der Waals surface area contributed by atoms with Crippen molar-refractivity contribution in [2.24, 2.45) is 0 Å². The molecule has 144 valence electrons. The molecular weight excluding hydrogens is 493 g/mol. The first-order valence-corrected chi connectivity index (χ1v) is 11.2. The zero-order valence-electron chi connectivity index (χ0n) is 16.2. The molecule has 3 heterocycles. The van der Waals surface area contributed by atoms with E-state index >= 15 is 0 Å². The number of benzene rings is 2. The minimum absolute atomic E-state index is 0.00612. The molecule has 0 aliphatic carbocycles. The van der Waals surface area contributed by atoms with Crippen LogP contribution in [0.5, 0.6) is 0 Å². The summed E-state index contributed by atoms with van der Waals surface area (Å²) in [6.07, 6.45) is 1.99. The van der Waals surface area contributed by atoms with Gasteiger partial charge in [0.25, 0.3) is 5.56 Å². The van der Waals surface area contributed by atoms with Crippen LogP contribution in [0.4, 0.5) is 0 Å². The first kappa shape index (κ1) is 18.6. The zero-order valence-corrected chi connectivity index (χ0v) is 19.2. The molecule has 0 spiro atoms. The van der Waals surface area contributed by atoms with Gasteiger partial charge < -0.3 is 4.57 Å². The van der Waals surface area contributed by atoms with Crippen LogP contribution < -0.4 is 10.1 Å². The van der Waals surface area contributed by atoms with Crippen molar-refractivity contribution in [3.63, 3.8) is 0 Å². The lowest BCUT2D eigenvalue weighted by atomic mass is 10.2. The quantitative estimate of drug-likeness (QED) is 0.320. The largest absolute Gasteiger partial charge is 0.318 e. The summed E-state index contributed by atoms with van der Waals surface area (Å²) in [6.45, 7) is 6.32. The van der Waals surface area contributed by atoms with Crippen LogP contribution in [0.2, 0.25) is 0 Å². The van der Waals surface area contributed by atoms with Crippen molar-refractivity contribution in [1.82, 2.24) is 14.0 Å². The normalized spacial score (nSPS) is 12.5. The van der Waals surface area contributed by atoms with Crippen LogP contribution in [0.25, 0.3) is 27.8 Å². The van der Waals surface area contributed by atoms with Gasteiger partial charge in [0.2, 0.25) is 0 Å². The standard InChI is InChI=1S/C23H18IN3OS/c1-13-8-9-17(12-18(13)24)26-14(2)10-16(15(26)3)11-21-22(28)27-20-7-5-4-6-19(20)25-23(27)29-21/h4-12H,1-3H3/b21-11+. The second-order valence-corrected chi connectivity index (χ2v) is 9.40. The van der Waals surface area contributed by atoms with E-state index in [1.165, 1.54) is 20.5 Å². The predicted molar refractivity (Wildman–Crippen MR) is 128 cm³/mol. The topological polar surface area (TPSA) is 39.3 Å². The summed E-state index contributed by atoms with van der Waals surface area (Å²) in [5.41, 5.74) is 7.46. The van der Waals surface area contributed by atoms with Crippen molar-refractivity contribution >= 4 is 56.0 Å². The van der Waals surface area contributed by atoms with E-state index in [-0.39, 0.29) is 5.56 Å². The Morgan fingerprint density at radius 3 is 2.66 bits per heavy atom. The second-order valence-electron chi connectivity index (χ2n) is 7.23. The van der Waals surface area contributed by atoms with Gasteiger partial charge in [0.15, 0.2) is 4.96 Å². The number of hydrogen-bond acceptors (Lipinski definition) is 3. The number of halogens is 1. The van der Waals surface area contributed by atoms with Crippen molar-refractivity contribution in [3.05, 3.63) is 89.5 Å². The van der Waals surface area contributed by atoms with E-state index in [1.54, 1.807) is 4.40 Å². The van der Waals surface area contributed by atoms with Gasteiger partial charge >= 0.3 is 0 Å². The number of hydrogen-bond donors (Lipinski definition) is 0. The third-order valence-corrected chi connectivity index (χ3v) is 7.45. The van der Waals surface area contributed by atoms with Gasteiger partial charge in [-0.15, -0.1) is 0 Å². The Bertz CT molecular complexity index is 1520. The van der Waals surface area contributed by atoms with Gasteiger partial charge in [0, 0.05) is 20.6 Å². The van der Waals surface area contributed by atoms with Gasteiger partial charge in [0.05, 0.1) is 15.6 Å². The lowest BCUT2D eigenvalue weighted by Gasteiger charge is -2.11. The molecule has 3 aromatic heterocycles. The highest BCUT2D eigenvalue weighted by Crippen LogP contribution is 2.24. The lowest BCUT2D eigenvalue weighted by molar-refractivity contribution is 0.962. The molecule has 0 amide bonds. The van der Waals surface area contributed by atoms with Gasteiger partial charge in [-0.2, -0.15) is 0 Å². The fourth-order valence-electron chi connectivity index (χ4n) is 3.81. The Balaban J connectivity index is 1.69. The average Bonchev–Trinajstić information content (AvgIpc) is 3.29. The van der Waals surface area contributed by atoms with Crippen LogP contribution in [-0.2, 0) is 0 Å². The van der Waals surface area contributed by atoms with Crippen LogP contribution in [0.15, 0.2) is 53.3 Å². The molecule has 0 N–H and O–H groups in total. The summed E-state index contributed by atoms with van der Waals surface area (Å²) in [5.74, 6) is 0. The van der Waals surface area contributed by atoms with Crippen molar-refractivity contribution in [1.29, 1.82) is 0 Å². The third kappa shape index (κ3) is 2.93. The maximum absolute atomic E-state index is 13.1. The Morgan fingerprint density at radius 2 is 1.86 bits per heavy atom.